The molecule has 0 amide bonds. The molecule has 0 radical (unpaired) electrons. The van der Waals surface area contributed by atoms with Crippen LogP contribution in [-0.4, -0.2) is 38.2 Å². The van der Waals surface area contributed by atoms with Gasteiger partial charge in [-0.1, -0.05) is 11.3 Å². The van der Waals surface area contributed by atoms with E-state index in [1.165, 1.54) is 10.9 Å². The van der Waals surface area contributed by atoms with Gasteiger partial charge in [0.2, 0.25) is 0 Å². The van der Waals surface area contributed by atoms with Crippen LogP contribution in [-0.2, 0) is 6.42 Å². The molecule has 0 fully saturated rings. The Labute approximate surface area is 108 Å². The summed E-state index contributed by atoms with van der Waals surface area (Å²) in [6.07, 6.45) is 4.04. The van der Waals surface area contributed by atoms with Gasteiger partial charge in [-0.25, -0.2) is 9.48 Å². The number of carbonyl (C=O) groups is 1. The van der Waals surface area contributed by atoms with E-state index >= 15 is 0 Å². The summed E-state index contributed by atoms with van der Waals surface area (Å²) in [6.45, 7) is 0. The molecule has 0 unspecified atom stereocenters. The molecule has 2 N–H and O–H groups in total. The number of aromatic nitrogens is 3. The van der Waals surface area contributed by atoms with Crippen LogP contribution < -0.4 is 4.65 Å². The monoisotopic (exact) mass is 259 g/mol. The summed E-state index contributed by atoms with van der Waals surface area (Å²) in [5.41, 5.74) is 1.12. The predicted octanol–water partition coefficient (Wildman–Crippen LogP) is 0.381. The number of rotatable bonds is 2. The fourth-order valence-electron chi connectivity index (χ4n) is 2.16. The molecule has 0 bridgehead atoms. The molecule has 2 heterocycles. The zero-order valence-electron chi connectivity index (χ0n) is 9.85. The van der Waals surface area contributed by atoms with Crippen molar-refractivity contribution in [1.82, 2.24) is 15.0 Å². The zero-order chi connectivity index (χ0) is 13.4. The van der Waals surface area contributed by atoms with Crippen molar-refractivity contribution < 1.29 is 19.6 Å². The molecule has 0 saturated carbocycles. The van der Waals surface area contributed by atoms with Crippen LogP contribution in [0.5, 0.6) is 5.75 Å². The minimum absolute atomic E-state index is 0.0123. The number of carboxylic acids is 1. The van der Waals surface area contributed by atoms with Gasteiger partial charge in [-0.05, 0) is 24.4 Å². The van der Waals surface area contributed by atoms with Crippen LogP contribution in [0.4, 0.5) is 0 Å². The Balaban J connectivity index is 2.22. The first-order valence-corrected chi connectivity index (χ1v) is 5.77. The Morgan fingerprint density at radius 3 is 3.00 bits per heavy atom. The average Bonchev–Trinajstić information content (AvgIpc) is 2.90. The third kappa shape index (κ3) is 1.95. The highest BCUT2D eigenvalue weighted by atomic mass is 16.5. The number of hydrogen-bond donors (Lipinski definition) is 2. The molecule has 0 saturated heterocycles. The van der Waals surface area contributed by atoms with Crippen molar-refractivity contribution in [1.29, 1.82) is 0 Å². The molecule has 0 spiro atoms. The van der Waals surface area contributed by atoms with Crippen LogP contribution in [0.2, 0.25) is 6.32 Å². The first kappa shape index (κ1) is 11.7. The quantitative estimate of drug-likeness (QED) is 0.756. The van der Waals surface area contributed by atoms with E-state index in [1.54, 1.807) is 18.3 Å². The van der Waals surface area contributed by atoms with E-state index in [9.17, 15) is 14.9 Å². The first-order valence-electron chi connectivity index (χ1n) is 5.77. The van der Waals surface area contributed by atoms with E-state index in [2.05, 4.69) is 10.3 Å². The van der Waals surface area contributed by atoms with Crippen LogP contribution in [0.3, 0.4) is 0 Å². The SMILES string of the molecule is O=C(O)c1c(-n2ccnn2)ccc2c1OB(O)CC2. The molecule has 1 aromatic carbocycles. The highest BCUT2D eigenvalue weighted by molar-refractivity contribution is 6.44. The van der Waals surface area contributed by atoms with E-state index in [4.69, 9.17) is 4.65 Å². The van der Waals surface area contributed by atoms with Crippen molar-refractivity contribution >= 4 is 13.1 Å². The number of hydrogen-bond acceptors (Lipinski definition) is 5. The van der Waals surface area contributed by atoms with Crippen molar-refractivity contribution in [2.75, 3.05) is 0 Å². The van der Waals surface area contributed by atoms with Gasteiger partial charge in [0, 0.05) is 0 Å². The minimum Gasteiger partial charge on any atom is -0.535 e. The maximum atomic E-state index is 11.5. The lowest BCUT2D eigenvalue weighted by Crippen LogP contribution is -2.28. The second kappa shape index (κ2) is 4.40. The molecule has 0 aliphatic carbocycles. The highest BCUT2D eigenvalue weighted by Crippen LogP contribution is 2.34. The number of benzene rings is 1. The number of carboxylic acid groups (broad SMARTS) is 1. The Bertz CT molecular complexity index is 629. The lowest BCUT2D eigenvalue weighted by molar-refractivity contribution is 0.0694. The molecule has 1 aliphatic rings. The molecule has 96 valence electrons. The van der Waals surface area contributed by atoms with Gasteiger partial charge in [0.15, 0.2) is 0 Å². The fraction of sp³-hybridized carbons (Fsp3) is 0.182. The second-order valence-electron chi connectivity index (χ2n) is 4.21. The zero-order valence-corrected chi connectivity index (χ0v) is 9.85. The molecule has 3 rings (SSSR count). The predicted molar refractivity (Wildman–Crippen MR) is 65.4 cm³/mol. The lowest BCUT2D eigenvalue weighted by atomic mass is 9.78. The van der Waals surface area contributed by atoms with Crippen molar-refractivity contribution in [3.63, 3.8) is 0 Å². The normalized spacial score (nSPS) is 13.8. The van der Waals surface area contributed by atoms with Crippen molar-refractivity contribution in [2.24, 2.45) is 0 Å². The van der Waals surface area contributed by atoms with Gasteiger partial charge in [0.05, 0.1) is 18.1 Å². The second-order valence-corrected chi connectivity index (χ2v) is 4.21. The summed E-state index contributed by atoms with van der Waals surface area (Å²) in [5, 5.41) is 26.4. The Morgan fingerprint density at radius 1 is 1.47 bits per heavy atom. The molecule has 19 heavy (non-hydrogen) atoms. The maximum absolute atomic E-state index is 11.5. The molecule has 7 nitrogen and oxygen atoms in total. The highest BCUT2D eigenvalue weighted by Gasteiger charge is 2.30. The smallest absolute Gasteiger partial charge is 0.522 e. The summed E-state index contributed by atoms with van der Waals surface area (Å²) >= 11 is 0. The van der Waals surface area contributed by atoms with Crippen LogP contribution in [0, 0.1) is 0 Å². The maximum Gasteiger partial charge on any atom is 0.522 e. The third-order valence-electron chi connectivity index (χ3n) is 3.01. The van der Waals surface area contributed by atoms with Gasteiger partial charge in [0.1, 0.15) is 11.3 Å². The van der Waals surface area contributed by atoms with E-state index in [-0.39, 0.29) is 11.3 Å². The van der Waals surface area contributed by atoms with E-state index in [0.717, 1.165) is 5.56 Å². The standard InChI is InChI=1S/C11H10BN3O4/c16-11(17)9-8(15-6-5-13-14-15)2-1-7-3-4-12(18)19-10(7)9/h1-2,5-6,18H,3-4H2,(H,16,17). The van der Waals surface area contributed by atoms with E-state index in [0.29, 0.717) is 18.4 Å². The minimum atomic E-state index is -1.13. The molecule has 0 atom stereocenters. The fourth-order valence-corrected chi connectivity index (χ4v) is 2.16. The summed E-state index contributed by atoms with van der Waals surface area (Å²) in [7, 11) is -0.975. The van der Waals surface area contributed by atoms with Crippen LogP contribution in [0.1, 0.15) is 15.9 Å². The lowest BCUT2D eigenvalue weighted by Gasteiger charge is -2.22. The van der Waals surface area contributed by atoms with E-state index in [1.807, 2.05) is 0 Å². The van der Waals surface area contributed by atoms with Gasteiger partial charge in [-0.15, -0.1) is 5.10 Å². The van der Waals surface area contributed by atoms with E-state index < -0.39 is 13.1 Å². The number of nitrogens with zero attached hydrogens (tertiary/aromatic N) is 3. The number of fused-ring (bicyclic) bond motifs is 1. The van der Waals surface area contributed by atoms with Gasteiger partial charge in [0.25, 0.3) is 0 Å². The molecular formula is C11H10BN3O4. The van der Waals surface area contributed by atoms with Gasteiger partial charge in [-0.3, -0.25) is 0 Å². The average molecular weight is 259 g/mol. The van der Waals surface area contributed by atoms with Crippen molar-refractivity contribution in [2.45, 2.75) is 12.7 Å². The largest absolute Gasteiger partial charge is 0.535 e. The molecule has 1 aliphatic heterocycles. The number of aryl methyl sites for hydroxylation is 1. The topological polar surface area (TPSA) is 97.5 Å². The van der Waals surface area contributed by atoms with Gasteiger partial charge in [-0.2, -0.15) is 0 Å². The van der Waals surface area contributed by atoms with Crippen LogP contribution in [0.25, 0.3) is 5.69 Å². The third-order valence-corrected chi connectivity index (χ3v) is 3.01. The van der Waals surface area contributed by atoms with Crippen LogP contribution in [0.15, 0.2) is 24.5 Å². The molecule has 2 aromatic rings. The summed E-state index contributed by atoms with van der Waals surface area (Å²) in [5.74, 6) is -0.921. The Kier molecular flexibility index (Phi) is 2.71. The summed E-state index contributed by atoms with van der Waals surface area (Å²) < 4.78 is 6.63. The Hall–Kier alpha value is -2.35. The molecular weight excluding hydrogens is 249 g/mol. The van der Waals surface area contributed by atoms with Gasteiger partial charge < -0.3 is 14.8 Å². The Morgan fingerprint density at radius 2 is 2.32 bits per heavy atom. The summed E-state index contributed by atoms with van der Waals surface area (Å²) in [4.78, 5) is 11.5. The summed E-state index contributed by atoms with van der Waals surface area (Å²) in [6, 6.07) is 3.45. The van der Waals surface area contributed by atoms with Crippen molar-refractivity contribution in [3.8, 4) is 11.4 Å². The number of aromatic carboxylic acids is 1. The van der Waals surface area contributed by atoms with Crippen molar-refractivity contribution in [3.05, 3.63) is 35.7 Å². The first-order chi connectivity index (χ1) is 9.16. The van der Waals surface area contributed by atoms with Crippen LogP contribution >= 0.6 is 0 Å². The molecule has 8 heteroatoms. The molecule has 1 aromatic heterocycles. The van der Waals surface area contributed by atoms with Gasteiger partial charge >= 0.3 is 13.1 Å².